The average molecular weight is 201 g/mol. The van der Waals surface area contributed by atoms with Crippen LogP contribution in [0.1, 0.15) is 24.8 Å². The summed E-state index contributed by atoms with van der Waals surface area (Å²) in [4.78, 5) is 0. The standard InChI is InChI=1S/C13H15NO/c15-13-4-2-1-3-12(13)9-7-10-5-6-11(8-9)14-10/h1-4,7,10-11,14-15H,5-6,8H2. The lowest BCUT2D eigenvalue weighted by Gasteiger charge is -2.21. The number of hydrogen-bond donors (Lipinski definition) is 2. The molecule has 15 heavy (non-hydrogen) atoms. The molecular formula is C13H15NO. The highest BCUT2D eigenvalue weighted by Gasteiger charge is 2.28. The molecule has 2 nitrogen and oxygen atoms in total. The minimum atomic E-state index is 0.407. The summed E-state index contributed by atoms with van der Waals surface area (Å²) in [6, 6.07) is 8.77. The number of rotatable bonds is 1. The summed E-state index contributed by atoms with van der Waals surface area (Å²) in [5.74, 6) is 0.407. The molecule has 2 heterocycles. The molecule has 0 aliphatic carbocycles. The van der Waals surface area contributed by atoms with Crippen LogP contribution in [-0.4, -0.2) is 17.2 Å². The van der Waals surface area contributed by atoms with Crippen molar-refractivity contribution in [2.24, 2.45) is 0 Å². The van der Waals surface area contributed by atoms with E-state index in [2.05, 4.69) is 11.4 Å². The number of fused-ring (bicyclic) bond motifs is 2. The zero-order valence-corrected chi connectivity index (χ0v) is 8.61. The molecule has 2 aliphatic heterocycles. The Morgan fingerprint density at radius 1 is 1.20 bits per heavy atom. The van der Waals surface area contributed by atoms with Gasteiger partial charge in [0.1, 0.15) is 5.75 Å². The summed E-state index contributed by atoms with van der Waals surface area (Å²) < 4.78 is 0. The molecular weight excluding hydrogens is 186 g/mol. The quantitative estimate of drug-likeness (QED) is 0.730. The minimum Gasteiger partial charge on any atom is -0.507 e. The maximum atomic E-state index is 9.79. The van der Waals surface area contributed by atoms with Crippen LogP contribution >= 0.6 is 0 Å². The van der Waals surface area contributed by atoms with E-state index in [9.17, 15) is 5.11 Å². The van der Waals surface area contributed by atoms with E-state index in [4.69, 9.17) is 0 Å². The molecule has 78 valence electrons. The Morgan fingerprint density at radius 3 is 2.87 bits per heavy atom. The molecule has 2 unspecified atom stereocenters. The van der Waals surface area contributed by atoms with Crippen LogP contribution in [0, 0.1) is 0 Å². The van der Waals surface area contributed by atoms with Crippen molar-refractivity contribution in [3.8, 4) is 5.75 Å². The van der Waals surface area contributed by atoms with Gasteiger partial charge in [-0.1, -0.05) is 24.3 Å². The van der Waals surface area contributed by atoms with E-state index in [1.54, 1.807) is 6.07 Å². The number of phenols is 1. The molecule has 0 spiro atoms. The molecule has 1 aromatic rings. The first-order chi connectivity index (χ1) is 7.33. The molecule has 2 aliphatic rings. The SMILES string of the molecule is Oc1ccccc1C1=CC2CCC(C1)N2. The highest BCUT2D eigenvalue weighted by atomic mass is 16.3. The smallest absolute Gasteiger partial charge is 0.123 e. The van der Waals surface area contributed by atoms with Gasteiger partial charge in [0.15, 0.2) is 0 Å². The lowest BCUT2D eigenvalue weighted by molar-refractivity contribution is 0.472. The molecule has 0 saturated carbocycles. The van der Waals surface area contributed by atoms with Crippen molar-refractivity contribution in [1.29, 1.82) is 0 Å². The average Bonchev–Trinajstić information content (AvgIpc) is 2.58. The monoisotopic (exact) mass is 201 g/mol. The molecule has 0 aromatic heterocycles. The van der Waals surface area contributed by atoms with Gasteiger partial charge >= 0.3 is 0 Å². The fraction of sp³-hybridized carbons (Fsp3) is 0.385. The maximum Gasteiger partial charge on any atom is 0.123 e. The Bertz CT molecular complexity index is 411. The van der Waals surface area contributed by atoms with Crippen molar-refractivity contribution in [3.63, 3.8) is 0 Å². The number of para-hydroxylation sites is 1. The Kier molecular flexibility index (Phi) is 2.03. The molecule has 3 rings (SSSR count). The van der Waals surface area contributed by atoms with Crippen LogP contribution in [0.4, 0.5) is 0 Å². The largest absolute Gasteiger partial charge is 0.507 e. The maximum absolute atomic E-state index is 9.79. The molecule has 2 N–H and O–H groups in total. The van der Waals surface area contributed by atoms with Crippen molar-refractivity contribution in [2.45, 2.75) is 31.3 Å². The Morgan fingerprint density at radius 2 is 2.07 bits per heavy atom. The summed E-state index contributed by atoms with van der Waals surface area (Å²) in [7, 11) is 0. The van der Waals surface area contributed by atoms with Gasteiger partial charge in [-0.15, -0.1) is 0 Å². The number of nitrogens with one attached hydrogen (secondary N) is 1. The van der Waals surface area contributed by atoms with Crippen LogP contribution in [0.2, 0.25) is 0 Å². The number of hydrogen-bond acceptors (Lipinski definition) is 2. The van der Waals surface area contributed by atoms with E-state index in [1.165, 1.54) is 18.4 Å². The summed E-state index contributed by atoms with van der Waals surface area (Å²) in [5, 5.41) is 13.3. The third-order valence-corrected chi connectivity index (χ3v) is 3.39. The topological polar surface area (TPSA) is 32.3 Å². The van der Waals surface area contributed by atoms with Gasteiger partial charge in [-0.2, -0.15) is 0 Å². The highest BCUT2D eigenvalue weighted by molar-refractivity contribution is 5.72. The Labute approximate surface area is 89.6 Å². The van der Waals surface area contributed by atoms with E-state index < -0.39 is 0 Å². The number of benzene rings is 1. The first-order valence-electron chi connectivity index (χ1n) is 5.58. The first-order valence-corrected chi connectivity index (χ1v) is 5.58. The molecule has 2 heteroatoms. The van der Waals surface area contributed by atoms with Crippen LogP contribution in [0.3, 0.4) is 0 Å². The van der Waals surface area contributed by atoms with Crippen LogP contribution in [0.15, 0.2) is 30.3 Å². The molecule has 1 fully saturated rings. The third kappa shape index (κ3) is 1.55. The summed E-state index contributed by atoms with van der Waals surface area (Å²) in [5.41, 5.74) is 2.32. The second kappa shape index (κ2) is 3.38. The fourth-order valence-electron chi connectivity index (χ4n) is 2.66. The molecule has 0 radical (unpaired) electrons. The van der Waals surface area contributed by atoms with Crippen LogP contribution in [0.5, 0.6) is 5.75 Å². The normalized spacial score (nSPS) is 28.9. The molecule has 2 atom stereocenters. The lowest BCUT2D eigenvalue weighted by atomic mass is 9.95. The van der Waals surface area contributed by atoms with Gasteiger partial charge in [-0.05, 0) is 30.9 Å². The Balaban J connectivity index is 1.98. The number of aromatic hydroxyl groups is 1. The summed E-state index contributed by atoms with van der Waals surface area (Å²) in [6.45, 7) is 0. The zero-order chi connectivity index (χ0) is 10.3. The van der Waals surface area contributed by atoms with Crippen molar-refractivity contribution in [2.75, 3.05) is 0 Å². The van der Waals surface area contributed by atoms with Gasteiger partial charge in [0, 0.05) is 17.6 Å². The second-order valence-electron chi connectivity index (χ2n) is 4.46. The van der Waals surface area contributed by atoms with Gasteiger partial charge in [0.2, 0.25) is 0 Å². The minimum absolute atomic E-state index is 0.407. The predicted octanol–water partition coefficient (Wildman–Crippen LogP) is 2.30. The van der Waals surface area contributed by atoms with Crippen LogP contribution in [-0.2, 0) is 0 Å². The molecule has 2 bridgehead atoms. The fourth-order valence-corrected chi connectivity index (χ4v) is 2.66. The van der Waals surface area contributed by atoms with Crippen molar-refractivity contribution in [3.05, 3.63) is 35.9 Å². The van der Waals surface area contributed by atoms with Crippen molar-refractivity contribution < 1.29 is 5.11 Å². The van der Waals surface area contributed by atoms with Crippen LogP contribution in [0.25, 0.3) is 5.57 Å². The van der Waals surface area contributed by atoms with Gasteiger partial charge < -0.3 is 10.4 Å². The van der Waals surface area contributed by atoms with E-state index >= 15 is 0 Å². The lowest BCUT2D eigenvalue weighted by Crippen LogP contribution is -2.31. The van der Waals surface area contributed by atoms with E-state index in [-0.39, 0.29) is 0 Å². The van der Waals surface area contributed by atoms with E-state index in [0.29, 0.717) is 17.8 Å². The van der Waals surface area contributed by atoms with Gasteiger partial charge in [0.05, 0.1) is 0 Å². The Hall–Kier alpha value is -1.28. The third-order valence-electron chi connectivity index (χ3n) is 3.39. The van der Waals surface area contributed by atoms with Crippen LogP contribution < -0.4 is 5.32 Å². The van der Waals surface area contributed by atoms with E-state index in [0.717, 1.165) is 12.0 Å². The van der Waals surface area contributed by atoms with E-state index in [1.807, 2.05) is 18.2 Å². The molecule has 0 amide bonds. The summed E-state index contributed by atoms with van der Waals surface area (Å²) in [6.07, 6.45) is 5.83. The van der Waals surface area contributed by atoms with Gasteiger partial charge in [-0.3, -0.25) is 0 Å². The van der Waals surface area contributed by atoms with Gasteiger partial charge in [-0.25, -0.2) is 0 Å². The first kappa shape index (κ1) is 8.98. The van der Waals surface area contributed by atoms with Gasteiger partial charge in [0.25, 0.3) is 0 Å². The summed E-state index contributed by atoms with van der Waals surface area (Å²) >= 11 is 0. The predicted molar refractivity (Wildman–Crippen MR) is 60.6 cm³/mol. The molecule has 1 saturated heterocycles. The highest BCUT2D eigenvalue weighted by Crippen LogP contribution is 2.35. The molecule has 1 aromatic carbocycles. The second-order valence-corrected chi connectivity index (χ2v) is 4.46. The zero-order valence-electron chi connectivity index (χ0n) is 8.61. The number of phenolic OH excluding ortho intramolecular Hbond substituents is 1. The van der Waals surface area contributed by atoms with Crippen molar-refractivity contribution >= 4 is 5.57 Å². The van der Waals surface area contributed by atoms with Crippen molar-refractivity contribution in [1.82, 2.24) is 5.32 Å².